The summed E-state index contributed by atoms with van der Waals surface area (Å²) >= 11 is 18.3. The zero-order chi connectivity index (χ0) is 22.3. The number of ether oxygens (including phenoxy) is 4. The van der Waals surface area contributed by atoms with Crippen molar-refractivity contribution < 1.29 is 55.2 Å². The van der Waals surface area contributed by atoms with Crippen LogP contribution in [0.1, 0.15) is 27.7 Å². The minimum absolute atomic E-state index is 0. The van der Waals surface area contributed by atoms with E-state index in [2.05, 4.69) is 68.6 Å². The van der Waals surface area contributed by atoms with Crippen LogP contribution in [0.25, 0.3) is 0 Å². The minimum atomic E-state index is -0.828. The topological polar surface area (TPSA) is 117 Å². The fourth-order valence-corrected chi connectivity index (χ4v) is 1.98. The van der Waals surface area contributed by atoms with Crippen molar-refractivity contribution in [2.75, 3.05) is 26.4 Å². The van der Waals surface area contributed by atoms with E-state index in [-0.39, 0.29) is 62.5 Å². The molecule has 13 heteroatoms. The van der Waals surface area contributed by atoms with Crippen molar-refractivity contribution in [1.82, 2.24) is 0 Å². The van der Waals surface area contributed by atoms with Gasteiger partial charge in [-0.15, -0.1) is 8.39 Å². The molecule has 0 saturated carbocycles. The fourth-order valence-electron chi connectivity index (χ4n) is 1.31. The maximum atomic E-state index is 11.2. The summed E-state index contributed by atoms with van der Waals surface area (Å²) in [5.74, 6) is -3.31. The van der Waals surface area contributed by atoms with Crippen LogP contribution in [0.2, 0.25) is 0 Å². The number of rotatable bonds is 10. The van der Waals surface area contributed by atoms with Crippen LogP contribution < -0.4 is 10.2 Å². The molecule has 29 heavy (non-hydrogen) atoms. The second-order valence-corrected chi connectivity index (χ2v) is 6.36. The van der Waals surface area contributed by atoms with E-state index >= 15 is 0 Å². The van der Waals surface area contributed by atoms with E-state index in [1.807, 2.05) is 0 Å². The number of carbonyl (C=O) groups is 2. The van der Waals surface area contributed by atoms with Gasteiger partial charge in [0.2, 0.25) is 0 Å². The van der Waals surface area contributed by atoms with Crippen molar-refractivity contribution in [2.45, 2.75) is 27.7 Å². The molecule has 0 N–H and O–H groups in total. The number of hydrogen-bond donors (Lipinski definition) is 0. The van der Waals surface area contributed by atoms with Crippen LogP contribution in [0.4, 0.5) is 0 Å². The Bertz CT molecular complexity index is 580. The zero-order valence-electron chi connectivity index (χ0n) is 16.0. The Morgan fingerprint density at radius 1 is 0.690 bits per heavy atom. The molecule has 0 aliphatic heterocycles. The van der Waals surface area contributed by atoms with E-state index < -0.39 is 23.8 Å². The van der Waals surface area contributed by atoms with Gasteiger partial charge in [0, 0.05) is 0 Å². The van der Waals surface area contributed by atoms with Crippen LogP contribution >= 0.6 is 24.4 Å². The van der Waals surface area contributed by atoms with Crippen LogP contribution in [-0.2, 0) is 70.3 Å². The Labute approximate surface area is 201 Å². The van der Waals surface area contributed by atoms with Gasteiger partial charge >= 0.3 is 28.4 Å². The molecule has 0 unspecified atom stereocenters. The molecule has 0 saturated heterocycles. The monoisotopic (exact) mass is 526 g/mol. The minimum Gasteiger partial charge on any atom is -0.613 e. The van der Waals surface area contributed by atoms with E-state index in [9.17, 15) is 19.8 Å². The standard InChI is InChI=1S/2C8H12O4S2.Ni/c2*1-3-11-6(9)5(8(13)14)7(10)12-4-2;/h2*9H,3-4H2,1-2H3,(H,13,14);/q;;+2/p-4/b2*6-5+;. The normalized spacial score (nSPS) is 11.2. The largest absolute Gasteiger partial charge is 2.00 e. The third kappa shape index (κ3) is 13.6. The maximum Gasteiger partial charge on any atom is 2.00 e. The predicted octanol–water partition coefficient (Wildman–Crippen LogP) is 0.0619. The molecule has 0 aromatic heterocycles. The Hall–Kier alpha value is -1.27. The number of esters is 2. The first-order chi connectivity index (χ1) is 13.1. The first-order valence-corrected chi connectivity index (χ1v) is 9.57. The van der Waals surface area contributed by atoms with Gasteiger partial charge in [-0.05, 0) is 27.1 Å². The van der Waals surface area contributed by atoms with E-state index in [0.29, 0.717) is 0 Å². The van der Waals surface area contributed by atoms with E-state index in [0.717, 1.165) is 0 Å². The van der Waals surface area contributed by atoms with Gasteiger partial charge in [-0.1, -0.05) is 13.8 Å². The SMILES string of the molecule is CCOC(=O)/C(C(=S)[S-])=C(/[O-])OCC.CCOC(=O)/C(C(=S)[S-])=C(/[O-])OCC.[Ni+2]. The molecule has 0 bridgehead atoms. The summed E-state index contributed by atoms with van der Waals surface area (Å²) in [6, 6.07) is 0. The Morgan fingerprint density at radius 2 is 0.931 bits per heavy atom. The van der Waals surface area contributed by atoms with E-state index in [4.69, 9.17) is 0 Å². The summed E-state index contributed by atoms with van der Waals surface area (Å²) in [4.78, 5) is 22.4. The predicted molar refractivity (Wildman–Crippen MR) is 110 cm³/mol. The smallest absolute Gasteiger partial charge is 0.613 e. The summed E-state index contributed by atoms with van der Waals surface area (Å²) in [6.07, 6.45) is 0. The second-order valence-electron chi connectivity index (χ2n) is 4.21. The summed E-state index contributed by atoms with van der Waals surface area (Å²) in [6.45, 7) is 7.08. The molecule has 0 aliphatic carbocycles. The number of carbonyl (C=O) groups excluding carboxylic acids is 2. The molecule has 0 atom stereocenters. The Kier molecular flexibility index (Phi) is 20.9. The molecule has 0 aliphatic rings. The third-order valence-corrected chi connectivity index (χ3v) is 3.14. The Balaban J connectivity index is -0.000000451. The summed E-state index contributed by atoms with van der Waals surface area (Å²) in [5.41, 5.74) is -0.752. The second kappa shape index (κ2) is 18.7. The number of thiocarbonyl (C=S) groups is 2. The summed E-state index contributed by atoms with van der Waals surface area (Å²) in [7, 11) is 0. The van der Waals surface area contributed by atoms with Gasteiger partial charge in [-0.3, -0.25) is 0 Å². The fraction of sp³-hybridized carbons (Fsp3) is 0.500. The average molecular weight is 527 g/mol. The van der Waals surface area contributed by atoms with Crippen molar-refractivity contribution in [1.29, 1.82) is 0 Å². The van der Waals surface area contributed by atoms with Gasteiger partial charge in [-0.2, -0.15) is 0 Å². The Morgan fingerprint density at radius 3 is 1.10 bits per heavy atom. The van der Waals surface area contributed by atoms with Gasteiger partial charge in [0.05, 0.1) is 36.3 Å². The molecule has 8 nitrogen and oxygen atoms in total. The first-order valence-electron chi connectivity index (χ1n) is 7.93. The van der Waals surface area contributed by atoms with E-state index in [1.165, 1.54) is 0 Å². The molecule has 0 rings (SSSR count). The third-order valence-electron chi connectivity index (χ3n) is 2.33. The first kappa shape index (κ1) is 32.4. The van der Waals surface area contributed by atoms with Crippen molar-refractivity contribution in [3.05, 3.63) is 23.0 Å². The quantitative estimate of drug-likeness (QED) is 0.0956. The molecule has 0 spiro atoms. The zero-order valence-corrected chi connectivity index (χ0v) is 20.3. The van der Waals surface area contributed by atoms with Crippen molar-refractivity contribution in [2.24, 2.45) is 0 Å². The molecule has 0 amide bonds. The van der Waals surface area contributed by atoms with Crippen LogP contribution in [0.5, 0.6) is 0 Å². The summed E-state index contributed by atoms with van der Waals surface area (Å²) < 4.78 is 17.9. The van der Waals surface area contributed by atoms with Crippen LogP contribution in [0.15, 0.2) is 23.0 Å². The van der Waals surface area contributed by atoms with Gasteiger partial charge in [0.1, 0.15) is 0 Å². The summed E-state index contributed by atoms with van der Waals surface area (Å²) in [5, 5.41) is 22.4. The van der Waals surface area contributed by atoms with Gasteiger partial charge in [0.25, 0.3) is 0 Å². The molecule has 0 heterocycles. The van der Waals surface area contributed by atoms with Crippen LogP contribution in [0.3, 0.4) is 0 Å². The van der Waals surface area contributed by atoms with Crippen molar-refractivity contribution in [3.63, 3.8) is 0 Å². The van der Waals surface area contributed by atoms with Gasteiger partial charge in [0.15, 0.2) is 0 Å². The van der Waals surface area contributed by atoms with Gasteiger partial charge in [-0.25, -0.2) is 9.59 Å². The molecule has 0 radical (unpaired) electrons. The molecular weight excluding hydrogens is 507 g/mol. The molecule has 0 fully saturated rings. The van der Waals surface area contributed by atoms with Crippen LogP contribution in [0, 0.1) is 0 Å². The average Bonchev–Trinajstić information content (AvgIpc) is 2.55. The molecule has 168 valence electrons. The van der Waals surface area contributed by atoms with Crippen molar-refractivity contribution >= 4 is 70.0 Å². The van der Waals surface area contributed by atoms with E-state index in [1.54, 1.807) is 27.7 Å². The van der Waals surface area contributed by atoms with Gasteiger partial charge < -0.3 is 78.9 Å². The molecule has 0 aromatic rings. The van der Waals surface area contributed by atoms with Crippen LogP contribution in [-0.4, -0.2) is 46.8 Å². The molecule has 0 aromatic carbocycles. The maximum absolute atomic E-state index is 11.2. The number of hydrogen-bond acceptors (Lipinski definition) is 12. The molecular formula is C16H20NiO8S4-2. The van der Waals surface area contributed by atoms with Crippen molar-refractivity contribution in [3.8, 4) is 0 Å².